The number of hydrogen-bond donors (Lipinski definition) is 1. The Morgan fingerprint density at radius 1 is 1.30 bits per heavy atom. The van der Waals surface area contributed by atoms with Crippen LogP contribution >= 0.6 is 0 Å². The van der Waals surface area contributed by atoms with Crippen LogP contribution in [0.25, 0.3) is 11.0 Å². The Labute approximate surface area is 123 Å². The van der Waals surface area contributed by atoms with Crippen LogP contribution < -0.4 is 10.2 Å². The molecule has 1 aromatic carbocycles. The average molecular weight is 335 g/mol. The third kappa shape index (κ3) is 2.30. The van der Waals surface area contributed by atoms with Gasteiger partial charge in [0.2, 0.25) is 0 Å². The summed E-state index contributed by atoms with van der Waals surface area (Å²) in [6.45, 7) is 0.719. The Bertz CT molecular complexity index is 729. The fourth-order valence-corrected chi connectivity index (χ4v) is 3.30. The van der Waals surface area contributed by atoms with Crippen molar-refractivity contribution in [2.45, 2.75) is 6.54 Å². The van der Waals surface area contributed by atoms with Crippen molar-refractivity contribution in [3.63, 3.8) is 0 Å². The summed E-state index contributed by atoms with van der Waals surface area (Å²) >= 11 is 0.00470. The van der Waals surface area contributed by atoms with Crippen molar-refractivity contribution >= 4 is 37.6 Å². The van der Waals surface area contributed by atoms with Gasteiger partial charge in [0.15, 0.2) is 0 Å². The van der Waals surface area contributed by atoms with Crippen LogP contribution in [0.2, 0.25) is 0 Å². The van der Waals surface area contributed by atoms with Gasteiger partial charge in [-0.1, -0.05) is 0 Å². The third-order valence-corrected chi connectivity index (χ3v) is 4.34. The van der Waals surface area contributed by atoms with Crippen LogP contribution in [0, 0.1) is 0 Å². The Balaban J connectivity index is 1.81. The first-order valence-electron chi connectivity index (χ1n) is 6.30. The van der Waals surface area contributed by atoms with Crippen LogP contribution in [0.15, 0.2) is 24.4 Å². The molecule has 2 heterocycles. The number of imidazole rings is 1. The first-order valence-corrected chi connectivity index (χ1v) is 7.83. The SMILES string of the molecule is CN(C)c1ncc(CNc2cccc3n[se]nc23)n1C. The number of benzene rings is 1. The first kappa shape index (κ1) is 13.1. The van der Waals surface area contributed by atoms with Gasteiger partial charge >= 0.3 is 123 Å². The van der Waals surface area contributed by atoms with Crippen LogP contribution in [-0.4, -0.2) is 46.6 Å². The van der Waals surface area contributed by atoms with E-state index in [2.05, 4.69) is 22.8 Å². The predicted molar refractivity (Wildman–Crippen MR) is 81.3 cm³/mol. The van der Waals surface area contributed by atoms with E-state index in [9.17, 15) is 0 Å². The van der Waals surface area contributed by atoms with Gasteiger partial charge in [-0.15, -0.1) is 0 Å². The number of fused-ring (bicyclic) bond motifs is 1. The molecular formula is C13H16N6Se. The van der Waals surface area contributed by atoms with Gasteiger partial charge in [-0.05, 0) is 0 Å². The molecule has 7 heteroatoms. The number of aromatic nitrogens is 4. The summed E-state index contributed by atoms with van der Waals surface area (Å²) in [6, 6.07) is 6.06. The van der Waals surface area contributed by atoms with Crippen molar-refractivity contribution in [3.05, 3.63) is 30.1 Å². The molecule has 2 aromatic heterocycles. The van der Waals surface area contributed by atoms with Crippen LogP contribution in [0.4, 0.5) is 11.6 Å². The van der Waals surface area contributed by atoms with Crippen LogP contribution in [-0.2, 0) is 13.6 Å². The summed E-state index contributed by atoms with van der Waals surface area (Å²) in [5, 5.41) is 3.43. The molecule has 0 bridgehead atoms. The van der Waals surface area contributed by atoms with E-state index in [-0.39, 0.29) is 15.0 Å². The van der Waals surface area contributed by atoms with Crippen molar-refractivity contribution in [1.29, 1.82) is 0 Å². The van der Waals surface area contributed by atoms with Crippen molar-refractivity contribution in [1.82, 2.24) is 17.5 Å². The second-order valence-corrected chi connectivity index (χ2v) is 5.90. The van der Waals surface area contributed by atoms with E-state index in [0.717, 1.165) is 34.9 Å². The molecule has 0 atom stereocenters. The van der Waals surface area contributed by atoms with E-state index in [4.69, 9.17) is 0 Å². The second-order valence-electron chi connectivity index (χ2n) is 4.79. The molecular weight excluding hydrogens is 319 g/mol. The fourth-order valence-electron chi connectivity index (χ4n) is 2.15. The molecule has 104 valence electrons. The van der Waals surface area contributed by atoms with E-state index in [0.29, 0.717) is 0 Å². The molecule has 3 rings (SSSR count). The number of hydrogen-bond acceptors (Lipinski definition) is 5. The Hall–Kier alpha value is -1.85. The third-order valence-electron chi connectivity index (χ3n) is 3.21. The molecule has 0 saturated carbocycles. The van der Waals surface area contributed by atoms with Gasteiger partial charge in [0.25, 0.3) is 0 Å². The number of rotatable bonds is 4. The number of nitrogens with one attached hydrogen (secondary N) is 1. The molecule has 0 aliphatic heterocycles. The van der Waals surface area contributed by atoms with Gasteiger partial charge in [-0.25, -0.2) is 0 Å². The molecule has 0 amide bonds. The minimum atomic E-state index is 0.00470. The molecule has 0 saturated heterocycles. The number of anilines is 2. The molecule has 0 aliphatic rings. The van der Waals surface area contributed by atoms with Crippen LogP contribution in [0.5, 0.6) is 0 Å². The normalized spacial score (nSPS) is 10.9. The standard InChI is InChI=1S/C13H16N6Se/c1-18(2)13-15-8-9(19(13)3)7-14-10-5-4-6-11-12(10)17-20-16-11/h4-6,8,14H,7H2,1-3H3. The molecule has 0 radical (unpaired) electrons. The molecule has 3 aromatic rings. The predicted octanol–water partition coefficient (Wildman–Crippen LogP) is 1.10. The van der Waals surface area contributed by atoms with Crippen molar-refractivity contribution in [2.24, 2.45) is 7.05 Å². The monoisotopic (exact) mass is 336 g/mol. The molecule has 0 spiro atoms. The minimum absolute atomic E-state index is 0.00470. The van der Waals surface area contributed by atoms with Gasteiger partial charge in [-0.2, -0.15) is 0 Å². The maximum atomic E-state index is 4.47. The van der Waals surface area contributed by atoms with E-state index >= 15 is 0 Å². The maximum absolute atomic E-state index is 4.47. The zero-order chi connectivity index (χ0) is 14.1. The summed E-state index contributed by atoms with van der Waals surface area (Å²) in [5.74, 6) is 0.947. The van der Waals surface area contributed by atoms with Gasteiger partial charge in [0, 0.05) is 0 Å². The molecule has 0 aliphatic carbocycles. The quantitative estimate of drug-likeness (QED) is 0.724. The van der Waals surface area contributed by atoms with Gasteiger partial charge in [0.1, 0.15) is 0 Å². The fraction of sp³-hybridized carbons (Fsp3) is 0.308. The zero-order valence-electron chi connectivity index (χ0n) is 11.7. The number of nitrogens with zero attached hydrogens (tertiary/aromatic N) is 5. The van der Waals surface area contributed by atoms with Crippen LogP contribution in [0.3, 0.4) is 0 Å². The molecule has 6 nitrogen and oxygen atoms in total. The summed E-state index contributed by atoms with van der Waals surface area (Å²) in [4.78, 5) is 6.41. The Morgan fingerprint density at radius 3 is 2.90 bits per heavy atom. The summed E-state index contributed by atoms with van der Waals surface area (Å²) in [7, 11) is 6.01. The molecule has 1 N–H and O–H groups in total. The Morgan fingerprint density at radius 2 is 2.15 bits per heavy atom. The average Bonchev–Trinajstić information content (AvgIpc) is 3.03. The van der Waals surface area contributed by atoms with Gasteiger partial charge < -0.3 is 0 Å². The second kappa shape index (κ2) is 5.26. The van der Waals surface area contributed by atoms with Crippen molar-refractivity contribution in [2.75, 3.05) is 24.3 Å². The van der Waals surface area contributed by atoms with E-state index in [1.807, 2.05) is 50.4 Å². The molecule has 0 unspecified atom stereocenters. The topological polar surface area (TPSA) is 58.9 Å². The summed E-state index contributed by atoms with van der Waals surface area (Å²) < 4.78 is 10.9. The van der Waals surface area contributed by atoms with Crippen molar-refractivity contribution < 1.29 is 0 Å². The summed E-state index contributed by atoms with van der Waals surface area (Å²) in [6.07, 6.45) is 1.90. The molecule has 20 heavy (non-hydrogen) atoms. The zero-order valence-corrected chi connectivity index (χ0v) is 13.4. The van der Waals surface area contributed by atoms with Crippen LogP contribution in [0.1, 0.15) is 5.69 Å². The van der Waals surface area contributed by atoms with Crippen molar-refractivity contribution in [3.8, 4) is 0 Å². The van der Waals surface area contributed by atoms with E-state index < -0.39 is 0 Å². The van der Waals surface area contributed by atoms with E-state index in [1.54, 1.807) is 0 Å². The molecule has 0 fully saturated rings. The first-order chi connectivity index (χ1) is 9.66. The Kier molecular flexibility index (Phi) is 3.46. The van der Waals surface area contributed by atoms with Gasteiger partial charge in [-0.3, -0.25) is 0 Å². The summed E-state index contributed by atoms with van der Waals surface area (Å²) in [5.41, 5.74) is 4.15. The van der Waals surface area contributed by atoms with E-state index in [1.165, 1.54) is 0 Å². The van der Waals surface area contributed by atoms with Gasteiger partial charge in [0.05, 0.1) is 0 Å².